The maximum Gasteiger partial charge on any atom is 0.244 e. The van der Waals surface area contributed by atoms with Gasteiger partial charge >= 0.3 is 0 Å². The molecule has 1 aromatic heterocycles. The summed E-state index contributed by atoms with van der Waals surface area (Å²) in [4.78, 5) is 18.8. The number of rotatable bonds is 6. The van der Waals surface area contributed by atoms with Crippen molar-refractivity contribution in [2.45, 2.75) is 75.4 Å². The lowest BCUT2D eigenvalue weighted by molar-refractivity contribution is -0.117. The number of H-pyrrole nitrogens is 1. The Balaban J connectivity index is 0.985. The van der Waals surface area contributed by atoms with Crippen molar-refractivity contribution < 1.29 is 4.79 Å². The third kappa shape index (κ3) is 5.48. The van der Waals surface area contributed by atoms with E-state index in [4.69, 9.17) is 23.2 Å². The van der Waals surface area contributed by atoms with Crippen LogP contribution in [0.2, 0.25) is 10.0 Å². The first-order valence-corrected chi connectivity index (χ1v) is 14.5. The number of para-hydroxylation sites is 1. The maximum atomic E-state index is 12.5. The highest BCUT2D eigenvalue weighted by Gasteiger charge is 2.42. The molecule has 0 spiro atoms. The smallest absolute Gasteiger partial charge is 0.244 e. The number of hydrogen-bond donors (Lipinski definition) is 2. The normalized spacial score (nSPS) is 28.2. The first-order valence-electron chi connectivity index (χ1n) is 13.8. The highest BCUT2D eigenvalue weighted by molar-refractivity contribution is 6.42. The van der Waals surface area contributed by atoms with Gasteiger partial charge in [-0.1, -0.05) is 47.5 Å². The number of piperidine rings is 1. The topological polar surface area (TPSA) is 48.1 Å². The number of aromatic amines is 1. The fourth-order valence-corrected chi connectivity index (χ4v) is 7.39. The van der Waals surface area contributed by atoms with Crippen LogP contribution < -0.4 is 5.32 Å². The van der Waals surface area contributed by atoms with Crippen molar-refractivity contribution in [2.75, 3.05) is 6.54 Å². The van der Waals surface area contributed by atoms with Gasteiger partial charge < -0.3 is 10.3 Å². The Morgan fingerprint density at radius 2 is 1.73 bits per heavy atom. The number of carbonyl (C=O) groups excluding carboxylic acids is 1. The molecule has 2 unspecified atom stereocenters. The van der Waals surface area contributed by atoms with Crippen LogP contribution in [0, 0.1) is 5.92 Å². The Labute approximate surface area is 229 Å². The van der Waals surface area contributed by atoms with Crippen molar-refractivity contribution >= 4 is 46.1 Å². The second-order valence-electron chi connectivity index (χ2n) is 11.3. The molecule has 2 bridgehead atoms. The maximum absolute atomic E-state index is 12.5. The van der Waals surface area contributed by atoms with Crippen molar-refractivity contribution in [2.24, 2.45) is 5.92 Å². The van der Waals surface area contributed by atoms with Gasteiger partial charge in [-0.05, 0) is 98.6 Å². The number of benzene rings is 2. The Kier molecular flexibility index (Phi) is 7.34. The predicted molar refractivity (Wildman–Crippen MR) is 153 cm³/mol. The molecule has 1 saturated carbocycles. The minimum Gasteiger partial charge on any atom is -0.361 e. The Morgan fingerprint density at radius 3 is 2.49 bits per heavy atom. The standard InChI is InChI=1S/C31H35Cl2N3O/c32-28-13-7-20(15-29(28)33)8-14-31(37)35-23-9-5-21(6-10-23)19-36-24-11-12-25(36)17-22(16-24)27-18-34-30-4-2-1-3-26(27)30/h1-4,7-8,13-15,18,21-25,34H,5-6,9-12,16-17,19H2,(H,35,37)/b14-8+. The molecule has 3 aromatic rings. The van der Waals surface area contributed by atoms with Gasteiger partial charge in [-0.25, -0.2) is 0 Å². The molecule has 1 amide bonds. The number of halogens is 2. The summed E-state index contributed by atoms with van der Waals surface area (Å²) in [5.41, 5.74) is 3.66. The quantitative estimate of drug-likeness (QED) is 0.319. The molecule has 2 atom stereocenters. The molecule has 0 radical (unpaired) electrons. The lowest BCUT2D eigenvalue weighted by Gasteiger charge is -2.42. The fraction of sp³-hybridized carbons (Fsp3) is 0.452. The van der Waals surface area contributed by atoms with Crippen LogP contribution >= 0.6 is 23.2 Å². The summed E-state index contributed by atoms with van der Waals surface area (Å²) >= 11 is 12.0. The van der Waals surface area contributed by atoms with Gasteiger partial charge in [-0.3, -0.25) is 9.69 Å². The van der Waals surface area contributed by atoms with E-state index in [1.165, 1.54) is 61.5 Å². The number of carbonyl (C=O) groups is 1. The number of amides is 1. The van der Waals surface area contributed by atoms with E-state index in [0.717, 1.165) is 36.4 Å². The molecule has 3 heterocycles. The molecule has 2 saturated heterocycles. The number of nitrogens with zero attached hydrogens (tertiary/aromatic N) is 1. The zero-order chi connectivity index (χ0) is 25.4. The van der Waals surface area contributed by atoms with Crippen LogP contribution in [-0.4, -0.2) is 40.5 Å². The van der Waals surface area contributed by atoms with Crippen molar-refractivity contribution in [3.63, 3.8) is 0 Å². The molecule has 6 rings (SSSR count). The molecular weight excluding hydrogens is 501 g/mol. The van der Waals surface area contributed by atoms with E-state index >= 15 is 0 Å². The molecule has 1 aliphatic carbocycles. The van der Waals surface area contributed by atoms with Crippen LogP contribution in [0.4, 0.5) is 0 Å². The van der Waals surface area contributed by atoms with Gasteiger partial charge in [0, 0.05) is 47.8 Å². The third-order valence-electron chi connectivity index (χ3n) is 8.98. The minimum atomic E-state index is -0.0353. The van der Waals surface area contributed by atoms with E-state index in [1.807, 2.05) is 6.07 Å². The van der Waals surface area contributed by atoms with Gasteiger partial charge in [0.1, 0.15) is 0 Å². The molecule has 3 fully saturated rings. The van der Waals surface area contributed by atoms with E-state index in [-0.39, 0.29) is 11.9 Å². The van der Waals surface area contributed by atoms with Crippen LogP contribution in [0.3, 0.4) is 0 Å². The van der Waals surface area contributed by atoms with E-state index in [0.29, 0.717) is 16.0 Å². The molecule has 194 valence electrons. The second kappa shape index (κ2) is 10.8. The second-order valence-corrected chi connectivity index (χ2v) is 12.1. The molecule has 3 aliphatic rings. The van der Waals surface area contributed by atoms with Crippen LogP contribution in [0.5, 0.6) is 0 Å². The summed E-state index contributed by atoms with van der Waals surface area (Å²) in [7, 11) is 0. The molecule has 37 heavy (non-hydrogen) atoms. The van der Waals surface area contributed by atoms with Gasteiger partial charge in [0.25, 0.3) is 0 Å². The predicted octanol–water partition coefficient (Wildman–Crippen LogP) is 7.57. The van der Waals surface area contributed by atoms with Crippen molar-refractivity contribution in [3.05, 3.63) is 75.9 Å². The van der Waals surface area contributed by atoms with Crippen LogP contribution in [-0.2, 0) is 4.79 Å². The number of aromatic nitrogens is 1. The zero-order valence-corrected chi connectivity index (χ0v) is 22.6. The number of fused-ring (bicyclic) bond motifs is 3. The SMILES string of the molecule is O=C(/C=C/c1ccc(Cl)c(Cl)c1)NC1CCC(CN2C3CCC2CC(c2c[nH]c4ccccc24)C3)CC1. The first-order chi connectivity index (χ1) is 18.0. The molecule has 2 N–H and O–H groups in total. The largest absolute Gasteiger partial charge is 0.361 e. The average molecular weight is 537 g/mol. The summed E-state index contributed by atoms with van der Waals surface area (Å²) in [6.07, 6.45) is 15.5. The summed E-state index contributed by atoms with van der Waals surface area (Å²) in [6.45, 7) is 1.23. The minimum absolute atomic E-state index is 0.0353. The number of nitrogens with one attached hydrogen (secondary N) is 2. The lowest BCUT2D eigenvalue weighted by Crippen LogP contribution is -2.46. The monoisotopic (exact) mass is 535 g/mol. The van der Waals surface area contributed by atoms with Crippen LogP contribution in [0.1, 0.15) is 68.4 Å². The summed E-state index contributed by atoms with van der Waals surface area (Å²) in [5, 5.41) is 5.63. The van der Waals surface area contributed by atoms with Crippen molar-refractivity contribution in [1.29, 1.82) is 0 Å². The highest BCUT2D eigenvalue weighted by atomic mass is 35.5. The van der Waals surface area contributed by atoms with E-state index in [1.54, 1.807) is 24.3 Å². The molecular formula is C31H35Cl2N3O. The summed E-state index contributed by atoms with van der Waals surface area (Å²) in [5.74, 6) is 1.38. The van der Waals surface area contributed by atoms with Crippen molar-refractivity contribution in [1.82, 2.24) is 15.2 Å². The highest BCUT2D eigenvalue weighted by Crippen LogP contribution is 2.45. The van der Waals surface area contributed by atoms with E-state index in [9.17, 15) is 4.79 Å². The Morgan fingerprint density at radius 1 is 0.973 bits per heavy atom. The van der Waals surface area contributed by atoms with Crippen molar-refractivity contribution in [3.8, 4) is 0 Å². The van der Waals surface area contributed by atoms with Gasteiger partial charge in [0.15, 0.2) is 0 Å². The summed E-state index contributed by atoms with van der Waals surface area (Å²) in [6, 6.07) is 15.8. The molecule has 4 nitrogen and oxygen atoms in total. The van der Waals surface area contributed by atoms with E-state index < -0.39 is 0 Å². The van der Waals surface area contributed by atoms with Gasteiger partial charge in [-0.15, -0.1) is 0 Å². The number of hydrogen-bond acceptors (Lipinski definition) is 2. The Hall–Kier alpha value is -2.27. The fourth-order valence-electron chi connectivity index (χ4n) is 7.08. The van der Waals surface area contributed by atoms with Gasteiger partial charge in [0.2, 0.25) is 5.91 Å². The average Bonchev–Trinajstić information content (AvgIpc) is 3.43. The zero-order valence-electron chi connectivity index (χ0n) is 21.1. The molecule has 2 aromatic carbocycles. The summed E-state index contributed by atoms with van der Waals surface area (Å²) < 4.78 is 0. The van der Waals surface area contributed by atoms with E-state index in [2.05, 4.69) is 45.7 Å². The van der Waals surface area contributed by atoms with Crippen LogP contribution in [0.25, 0.3) is 17.0 Å². The van der Waals surface area contributed by atoms with Crippen LogP contribution in [0.15, 0.2) is 54.7 Å². The molecule has 2 aliphatic heterocycles. The van der Waals surface area contributed by atoms with Gasteiger partial charge in [0.05, 0.1) is 10.0 Å². The Bertz CT molecular complexity index is 1280. The first kappa shape index (κ1) is 25.0. The van der Waals surface area contributed by atoms with Gasteiger partial charge in [-0.2, -0.15) is 0 Å². The molecule has 6 heteroatoms. The third-order valence-corrected chi connectivity index (χ3v) is 9.72. The lowest BCUT2D eigenvalue weighted by atomic mass is 9.82.